The molecule has 12 nitrogen and oxygen atoms in total. The van der Waals surface area contributed by atoms with E-state index in [4.69, 9.17) is 21.9 Å². The van der Waals surface area contributed by atoms with Crippen LogP contribution in [0.1, 0.15) is 39.0 Å². The van der Waals surface area contributed by atoms with Gasteiger partial charge in [0, 0.05) is 38.9 Å². The van der Waals surface area contributed by atoms with E-state index in [0.717, 1.165) is 0 Å². The van der Waals surface area contributed by atoms with Gasteiger partial charge in [0.15, 0.2) is 0 Å². The molecule has 3 amide bonds. The number of nitrogens with zero attached hydrogens (tertiary/aromatic N) is 2. The SMILES string of the molecule is C/C(N)=N/N=C(\N)CCCNC(=O)CCCC(=O)NCC(=O)NCCOCCN. The van der Waals surface area contributed by atoms with Gasteiger partial charge in [-0.15, -0.1) is 10.2 Å². The molecular formula is C17H34N8O4. The molecule has 0 bridgehead atoms. The Morgan fingerprint density at radius 1 is 0.828 bits per heavy atom. The van der Waals surface area contributed by atoms with Crippen LogP contribution in [0, 0.1) is 0 Å². The van der Waals surface area contributed by atoms with Crippen molar-refractivity contribution < 1.29 is 19.1 Å². The lowest BCUT2D eigenvalue weighted by Crippen LogP contribution is -2.38. The third-order valence-corrected chi connectivity index (χ3v) is 3.35. The van der Waals surface area contributed by atoms with Gasteiger partial charge in [-0.05, 0) is 19.8 Å². The second-order valence-electron chi connectivity index (χ2n) is 6.17. The first kappa shape index (κ1) is 26.3. The van der Waals surface area contributed by atoms with Gasteiger partial charge in [-0.2, -0.15) is 0 Å². The van der Waals surface area contributed by atoms with E-state index in [1.807, 2.05) is 0 Å². The third-order valence-electron chi connectivity index (χ3n) is 3.35. The minimum atomic E-state index is -0.303. The van der Waals surface area contributed by atoms with Crippen LogP contribution in [0.2, 0.25) is 0 Å². The minimum absolute atomic E-state index is 0.112. The van der Waals surface area contributed by atoms with Gasteiger partial charge >= 0.3 is 0 Å². The van der Waals surface area contributed by atoms with Crippen molar-refractivity contribution in [1.29, 1.82) is 0 Å². The maximum atomic E-state index is 11.7. The van der Waals surface area contributed by atoms with Crippen molar-refractivity contribution in [3.63, 3.8) is 0 Å². The molecule has 0 aliphatic rings. The summed E-state index contributed by atoms with van der Waals surface area (Å²) in [7, 11) is 0. The maximum absolute atomic E-state index is 11.7. The monoisotopic (exact) mass is 414 g/mol. The number of hydrogen-bond acceptors (Lipinski definition) is 7. The number of nitrogens with one attached hydrogen (secondary N) is 3. The Bertz CT molecular complexity index is 562. The van der Waals surface area contributed by atoms with Crippen molar-refractivity contribution in [2.45, 2.75) is 39.0 Å². The van der Waals surface area contributed by atoms with Crippen molar-refractivity contribution in [1.82, 2.24) is 16.0 Å². The van der Waals surface area contributed by atoms with Crippen molar-refractivity contribution in [3.05, 3.63) is 0 Å². The van der Waals surface area contributed by atoms with Crippen LogP contribution >= 0.6 is 0 Å². The zero-order valence-electron chi connectivity index (χ0n) is 17.0. The molecule has 0 atom stereocenters. The molecule has 0 aliphatic heterocycles. The van der Waals surface area contributed by atoms with Gasteiger partial charge in [-0.3, -0.25) is 14.4 Å². The van der Waals surface area contributed by atoms with Crippen LogP contribution in [-0.4, -0.2) is 68.8 Å². The van der Waals surface area contributed by atoms with Crippen LogP contribution in [0.15, 0.2) is 10.2 Å². The quantitative estimate of drug-likeness (QED) is 0.0719. The van der Waals surface area contributed by atoms with E-state index < -0.39 is 0 Å². The Balaban J connectivity index is 3.68. The number of amidine groups is 2. The number of carbonyl (C=O) groups is 3. The predicted molar refractivity (Wildman–Crippen MR) is 111 cm³/mol. The van der Waals surface area contributed by atoms with Crippen molar-refractivity contribution in [2.75, 3.05) is 39.4 Å². The van der Waals surface area contributed by atoms with Crippen LogP contribution < -0.4 is 33.2 Å². The van der Waals surface area contributed by atoms with Crippen LogP contribution in [0.5, 0.6) is 0 Å². The fourth-order valence-corrected chi connectivity index (χ4v) is 1.97. The first-order valence-corrected chi connectivity index (χ1v) is 9.55. The molecule has 0 spiro atoms. The predicted octanol–water partition coefficient (Wildman–Crippen LogP) is -2.09. The van der Waals surface area contributed by atoms with E-state index in [9.17, 15) is 14.4 Å². The molecule has 0 heterocycles. The van der Waals surface area contributed by atoms with E-state index in [1.165, 1.54) is 0 Å². The largest absolute Gasteiger partial charge is 0.386 e. The molecule has 0 aromatic carbocycles. The topological polar surface area (TPSA) is 199 Å². The molecule has 0 aromatic rings. The van der Waals surface area contributed by atoms with E-state index in [2.05, 4.69) is 26.2 Å². The highest BCUT2D eigenvalue weighted by Gasteiger charge is 2.07. The first-order valence-electron chi connectivity index (χ1n) is 9.55. The standard InChI is InChI=1S/C17H34N8O4/c1-13(19)24-25-14(20)4-3-8-21-15(26)5-2-6-16(27)23-12-17(28)22-9-11-29-10-7-18/h2-12,18H2,1H3,(H2,19,24)(H2,20,25)(H,21,26)(H,22,28)(H,23,27). The van der Waals surface area contributed by atoms with Gasteiger partial charge in [0.05, 0.1) is 19.8 Å². The molecule has 0 unspecified atom stereocenters. The van der Waals surface area contributed by atoms with Crippen LogP contribution in [0.25, 0.3) is 0 Å². The smallest absolute Gasteiger partial charge is 0.239 e. The zero-order chi connectivity index (χ0) is 21.9. The third kappa shape index (κ3) is 18.4. The number of amides is 3. The lowest BCUT2D eigenvalue weighted by atomic mass is 10.2. The van der Waals surface area contributed by atoms with E-state index in [1.54, 1.807) is 6.92 Å². The highest BCUT2D eigenvalue weighted by molar-refractivity contribution is 5.85. The summed E-state index contributed by atoms with van der Waals surface area (Å²) in [4.78, 5) is 34.9. The van der Waals surface area contributed by atoms with Crippen molar-refractivity contribution in [3.8, 4) is 0 Å². The molecule has 0 saturated heterocycles. The number of carbonyl (C=O) groups excluding carboxylic acids is 3. The maximum Gasteiger partial charge on any atom is 0.239 e. The Morgan fingerprint density at radius 3 is 2.14 bits per heavy atom. The van der Waals surface area contributed by atoms with Gasteiger partial charge in [-0.25, -0.2) is 0 Å². The second-order valence-corrected chi connectivity index (χ2v) is 6.17. The molecule has 0 aromatic heterocycles. The Hall–Kier alpha value is -2.73. The van der Waals surface area contributed by atoms with E-state index in [-0.39, 0.29) is 37.1 Å². The minimum Gasteiger partial charge on any atom is -0.386 e. The van der Waals surface area contributed by atoms with E-state index in [0.29, 0.717) is 63.8 Å². The molecule has 12 heteroatoms. The number of ether oxygens (including phenoxy) is 1. The van der Waals surface area contributed by atoms with Gasteiger partial charge in [0.2, 0.25) is 17.7 Å². The van der Waals surface area contributed by atoms with Crippen LogP contribution in [0.3, 0.4) is 0 Å². The number of nitrogens with two attached hydrogens (primary N) is 3. The van der Waals surface area contributed by atoms with Crippen LogP contribution in [-0.2, 0) is 19.1 Å². The number of hydrogen-bond donors (Lipinski definition) is 6. The lowest BCUT2D eigenvalue weighted by molar-refractivity contribution is -0.126. The summed E-state index contributed by atoms with van der Waals surface area (Å²) in [5, 5.41) is 15.2. The first-order chi connectivity index (χ1) is 13.8. The molecular weight excluding hydrogens is 380 g/mol. The van der Waals surface area contributed by atoms with Gasteiger partial charge in [0.25, 0.3) is 0 Å². The fourth-order valence-electron chi connectivity index (χ4n) is 1.97. The highest BCUT2D eigenvalue weighted by Crippen LogP contribution is 1.96. The summed E-state index contributed by atoms with van der Waals surface area (Å²) in [5.41, 5.74) is 16.3. The average Bonchev–Trinajstić information content (AvgIpc) is 2.68. The second kappa shape index (κ2) is 17.4. The zero-order valence-corrected chi connectivity index (χ0v) is 17.0. The van der Waals surface area contributed by atoms with Crippen molar-refractivity contribution >= 4 is 29.4 Å². The molecule has 0 fully saturated rings. The summed E-state index contributed by atoms with van der Waals surface area (Å²) < 4.78 is 5.11. The molecule has 0 rings (SSSR count). The summed E-state index contributed by atoms with van der Waals surface area (Å²) in [6, 6.07) is 0. The normalized spacial score (nSPS) is 11.8. The molecule has 9 N–H and O–H groups in total. The summed E-state index contributed by atoms with van der Waals surface area (Å²) in [6.07, 6.45) is 1.88. The molecule has 166 valence electrons. The Kier molecular flexibility index (Phi) is 15.7. The highest BCUT2D eigenvalue weighted by atomic mass is 16.5. The fraction of sp³-hybridized carbons (Fsp3) is 0.706. The van der Waals surface area contributed by atoms with Gasteiger partial charge in [-0.1, -0.05) is 0 Å². The Morgan fingerprint density at radius 2 is 1.48 bits per heavy atom. The van der Waals surface area contributed by atoms with E-state index >= 15 is 0 Å². The average molecular weight is 415 g/mol. The summed E-state index contributed by atoms with van der Waals surface area (Å²) in [6.45, 7) is 3.52. The van der Waals surface area contributed by atoms with Gasteiger partial charge in [0.1, 0.15) is 11.7 Å². The summed E-state index contributed by atoms with van der Waals surface area (Å²) >= 11 is 0. The van der Waals surface area contributed by atoms with Crippen LogP contribution in [0.4, 0.5) is 0 Å². The molecule has 29 heavy (non-hydrogen) atoms. The summed E-state index contributed by atoms with van der Waals surface area (Å²) in [5.74, 6) is -0.0827. The molecule has 0 radical (unpaired) electrons. The Labute approximate surface area is 171 Å². The number of rotatable bonds is 16. The lowest BCUT2D eigenvalue weighted by Gasteiger charge is -2.08. The van der Waals surface area contributed by atoms with Gasteiger partial charge < -0.3 is 37.9 Å². The molecule has 0 aliphatic carbocycles. The molecule has 0 saturated carbocycles. The van der Waals surface area contributed by atoms with Crippen molar-refractivity contribution in [2.24, 2.45) is 27.4 Å².